The first kappa shape index (κ1) is 14.0. The van der Waals surface area contributed by atoms with Gasteiger partial charge in [0.25, 0.3) is 0 Å². The highest BCUT2D eigenvalue weighted by Crippen LogP contribution is 2.35. The number of rotatable bonds is 4. The lowest BCUT2D eigenvalue weighted by Crippen LogP contribution is -1.96. The third-order valence-electron chi connectivity index (χ3n) is 2.86. The molecule has 0 N–H and O–H groups in total. The molecule has 0 saturated carbocycles. The molecule has 19 heavy (non-hydrogen) atoms. The van der Waals surface area contributed by atoms with Crippen molar-refractivity contribution >= 4 is 23.2 Å². The Balaban J connectivity index is 2.33. The Morgan fingerprint density at radius 3 is 2.00 bits per heavy atom. The number of hydrogen-bond donors (Lipinski definition) is 0. The van der Waals surface area contributed by atoms with Gasteiger partial charge >= 0.3 is 0 Å². The molecule has 1 unspecified atom stereocenters. The van der Waals surface area contributed by atoms with Crippen molar-refractivity contribution in [3.05, 3.63) is 58.6 Å². The smallest absolute Gasteiger partial charge is 0.161 e. The van der Waals surface area contributed by atoms with E-state index in [4.69, 9.17) is 32.7 Å². The molecule has 0 saturated heterocycles. The molecule has 0 bridgehead atoms. The minimum Gasteiger partial charge on any atom is -0.493 e. The molecule has 2 aromatic rings. The summed E-state index contributed by atoms with van der Waals surface area (Å²) < 4.78 is 10.5. The first-order chi connectivity index (χ1) is 9.15. The van der Waals surface area contributed by atoms with Gasteiger partial charge in [-0.25, -0.2) is 0 Å². The van der Waals surface area contributed by atoms with Crippen LogP contribution >= 0.6 is 23.2 Å². The summed E-state index contributed by atoms with van der Waals surface area (Å²) in [4.78, 5) is 0. The Hall–Kier alpha value is -1.38. The van der Waals surface area contributed by atoms with Crippen LogP contribution in [0.1, 0.15) is 16.5 Å². The van der Waals surface area contributed by atoms with Crippen molar-refractivity contribution in [2.45, 2.75) is 5.38 Å². The normalized spacial score (nSPS) is 12.0. The third-order valence-corrected chi connectivity index (χ3v) is 3.62. The van der Waals surface area contributed by atoms with E-state index >= 15 is 0 Å². The monoisotopic (exact) mass is 296 g/mol. The highest BCUT2D eigenvalue weighted by Gasteiger charge is 2.13. The van der Waals surface area contributed by atoms with Crippen LogP contribution in [-0.4, -0.2) is 14.2 Å². The Morgan fingerprint density at radius 2 is 1.42 bits per heavy atom. The molecule has 100 valence electrons. The van der Waals surface area contributed by atoms with Gasteiger partial charge in [0, 0.05) is 5.02 Å². The molecule has 2 aromatic carbocycles. The number of alkyl halides is 1. The van der Waals surface area contributed by atoms with Crippen LogP contribution in [0.15, 0.2) is 42.5 Å². The van der Waals surface area contributed by atoms with Gasteiger partial charge in [-0.3, -0.25) is 0 Å². The fourth-order valence-corrected chi connectivity index (χ4v) is 2.24. The summed E-state index contributed by atoms with van der Waals surface area (Å²) in [5.41, 5.74) is 1.93. The van der Waals surface area contributed by atoms with Crippen LogP contribution in [0, 0.1) is 0 Å². The topological polar surface area (TPSA) is 18.5 Å². The van der Waals surface area contributed by atoms with Crippen LogP contribution in [0.2, 0.25) is 5.02 Å². The average molecular weight is 297 g/mol. The van der Waals surface area contributed by atoms with Crippen molar-refractivity contribution in [3.8, 4) is 11.5 Å². The van der Waals surface area contributed by atoms with Gasteiger partial charge in [-0.15, -0.1) is 11.6 Å². The molecular formula is C15H14Cl2O2. The molecule has 0 aliphatic carbocycles. The highest BCUT2D eigenvalue weighted by molar-refractivity contribution is 6.30. The molecule has 1 atom stereocenters. The van der Waals surface area contributed by atoms with Crippen LogP contribution < -0.4 is 9.47 Å². The number of benzene rings is 2. The molecule has 0 aliphatic rings. The van der Waals surface area contributed by atoms with Gasteiger partial charge in [0.15, 0.2) is 11.5 Å². The molecule has 4 heteroatoms. The summed E-state index contributed by atoms with van der Waals surface area (Å²) in [7, 11) is 3.21. The standard InChI is InChI=1S/C15H14Cl2O2/c1-18-13-8-5-11(9-14(13)19-2)15(17)10-3-6-12(16)7-4-10/h3-9,15H,1-2H3. The minimum absolute atomic E-state index is 0.253. The van der Waals surface area contributed by atoms with Gasteiger partial charge in [0.05, 0.1) is 19.6 Å². The SMILES string of the molecule is COc1ccc(C(Cl)c2ccc(Cl)cc2)cc1OC. The van der Waals surface area contributed by atoms with Crippen molar-refractivity contribution in [3.63, 3.8) is 0 Å². The number of ether oxygens (including phenoxy) is 2. The van der Waals surface area contributed by atoms with E-state index < -0.39 is 0 Å². The second-order valence-electron chi connectivity index (χ2n) is 4.03. The van der Waals surface area contributed by atoms with E-state index in [0.717, 1.165) is 11.1 Å². The van der Waals surface area contributed by atoms with Crippen LogP contribution in [0.3, 0.4) is 0 Å². The predicted octanol–water partition coefficient (Wildman–Crippen LogP) is 4.69. The first-order valence-electron chi connectivity index (χ1n) is 5.77. The summed E-state index contributed by atoms with van der Waals surface area (Å²) in [6, 6.07) is 13.1. The van der Waals surface area contributed by atoms with Crippen molar-refractivity contribution in [1.29, 1.82) is 0 Å². The zero-order valence-corrected chi connectivity index (χ0v) is 12.2. The Labute approximate surface area is 122 Å². The summed E-state index contributed by atoms with van der Waals surface area (Å²) in [6.45, 7) is 0. The molecule has 0 heterocycles. The molecule has 0 aromatic heterocycles. The van der Waals surface area contributed by atoms with Gasteiger partial charge in [0.2, 0.25) is 0 Å². The zero-order chi connectivity index (χ0) is 13.8. The third kappa shape index (κ3) is 3.14. The molecule has 0 aliphatic heterocycles. The van der Waals surface area contributed by atoms with Gasteiger partial charge < -0.3 is 9.47 Å². The van der Waals surface area contributed by atoms with Gasteiger partial charge in [0.1, 0.15) is 0 Å². The maximum atomic E-state index is 6.47. The Bertz CT molecular complexity index is 553. The van der Waals surface area contributed by atoms with E-state index in [-0.39, 0.29) is 5.38 Å². The number of hydrogen-bond acceptors (Lipinski definition) is 2. The zero-order valence-electron chi connectivity index (χ0n) is 10.7. The lowest BCUT2D eigenvalue weighted by Gasteiger charge is -2.14. The van der Waals surface area contributed by atoms with E-state index in [2.05, 4.69) is 0 Å². The lowest BCUT2D eigenvalue weighted by molar-refractivity contribution is 0.354. The molecule has 2 nitrogen and oxygen atoms in total. The van der Waals surface area contributed by atoms with E-state index in [9.17, 15) is 0 Å². The maximum Gasteiger partial charge on any atom is 0.161 e. The average Bonchev–Trinajstić information content (AvgIpc) is 2.46. The van der Waals surface area contributed by atoms with Crippen molar-refractivity contribution in [2.75, 3.05) is 14.2 Å². The maximum absolute atomic E-state index is 6.47. The number of methoxy groups -OCH3 is 2. The van der Waals surface area contributed by atoms with Crippen LogP contribution in [-0.2, 0) is 0 Å². The van der Waals surface area contributed by atoms with Gasteiger partial charge in [-0.2, -0.15) is 0 Å². The fraction of sp³-hybridized carbons (Fsp3) is 0.200. The van der Waals surface area contributed by atoms with Crippen LogP contribution in [0.4, 0.5) is 0 Å². The van der Waals surface area contributed by atoms with E-state index in [1.54, 1.807) is 14.2 Å². The van der Waals surface area contributed by atoms with Crippen molar-refractivity contribution in [2.24, 2.45) is 0 Å². The molecule has 0 amide bonds. The predicted molar refractivity (Wildman–Crippen MR) is 78.7 cm³/mol. The lowest BCUT2D eigenvalue weighted by atomic mass is 10.0. The minimum atomic E-state index is -0.253. The summed E-state index contributed by atoms with van der Waals surface area (Å²) in [5, 5.41) is 0.442. The highest BCUT2D eigenvalue weighted by atomic mass is 35.5. The van der Waals surface area contributed by atoms with Crippen molar-refractivity contribution in [1.82, 2.24) is 0 Å². The summed E-state index contributed by atoms with van der Waals surface area (Å²) >= 11 is 12.3. The molecule has 0 radical (unpaired) electrons. The number of halogens is 2. The van der Waals surface area contributed by atoms with Crippen LogP contribution in [0.25, 0.3) is 0 Å². The molecule has 0 fully saturated rings. The van der Waals surface area contributed by atoms with E-state index in [1.807, 2.05) is 42.5 Å². The second kappa shape index (κ2) is 6.18. The summed E-state index contributed by atoms with van der Waals surface area (Å²) in [5.74, 6) is 1.35. The molecular weight excluding hydrogens is 283 g/mol. The molecule has 2 rings (SSSR count). The Kier molecular flexibility index (Phi) is 4.56. The van der Waals surface area contributed by atoms with E-state index in [0.29, 0.717) is 16.5 Å². The second-order valence-corrected chi connectivity index (χ2v) is 4.90. The van der Waals surface area contributed by atoms with Crippen LogP contribution in [0.5, 0.6) is 11.5 Å². The summed E-state index contributed by atoms with van der Waals surface area (Å²) in [6.07, 6.45) is 0. The van der Waals surface area contributed by atoms with Gasteiger partial charge in [-0.05, 0) is 35.4 Å². The van der Waals surface area contributed by atoms with Crippen molar-refractivity contribution < 1.29 is 9.47 Å². The fourth-order valence-electron chi connectivity index (χ4n) is 1.83. The van der Waals surface area contributed by atoms with E-state index in [1.165, 1.54) is 0 Å². The molecule has 0 spiro atoms. The van der Waals surface area contributed by atoms with Gasteiger partial charge in [-0.1, -0.05) is 29.8 Å². The quantitative estimate of drug-likeness (QED) is 0.762. The largest absolute Gasteiger partial charge is 0.493 e. The Morgan fingerprint density at radius 1 is 0.842 bits per heavy atom. The first-order valence-corrected chi connectivity index (χ1v) is 6.58.